The Balaban J connectivity index is 1.37. The molecule has 4 aromatic rings. The summed E-state index contributed by atoms with van der Waals surface area (Å²) < 4.78 is 26.6. The number of nitrogens with zero attached hydrogens (tertiary/aromatic N) is 4. The van der Waals surface area contributed by atoms with Crippen LogP contribution in [0, 0.1) is 5.82 Å². The number of aromatic nitrogens is 4. The van der Waals surface area contributed by atoms with Gasteiger partial charge in [-0.15, -0.1) is 0 Å². The minimum absolute atomic E-state index is 0.245. The van der Waals surface area contributed by atoms with E-state index in [4.69, 9.17) is 9.47 Å². The zero-order valence-electron chi connectivity index (χ0n) is 17.5. The number of ketones is 1. The van der Waals surface area contributed by atoms with Gasteiger partial charge in [0.1, 0.15) is 17.3 Å². The Morgan fingerprint density at radius 3 is 2.62 bits per heavy atom. The third-order valence-electron chi connectivity index (χ3n) is 5.68. The van der Waals surface area contributed by atoms with E-state index in [1.807, 2.05) is 0 Å². The van der Waals surface area contributed by atoms with E-state index in [1.54, 1.807) is 54.3 Å². The van der Waals surface area contributed by atoms with E-state index in [1.165, 1.54) is 12.1 Å². The molecule has 0 aliphatic carbocycles. The van der Waals surface area contributed by atoms with Gasteiger partial charge in [0, 0.05) is 44.1 Å². The lowest BCUT2D eigenvalue weighted by atomic mass is 9.96. The van der Waals surface area contributed by atoms with Crippen molar-refractivity contribution < 1.29 is 18.7 Å². The molecule has 0 unspecified atom stereocenters. The van der Waals surface area contributed by atoms with Gasteiger partial charge < -0.3 is 14.0 Å². The Bertz CT molecular complexity index is 1280. The number of aryl methyl sites for hydroxylation is 1. The van der Waals surface area contributed by atoms with Crippen LogP contribution < -0.4 is 4.74 Å². The molecule has 162 valence electrons. The number of fused-ring (bicyclic) bond motifs is 1. The smallest absolute Gasteiger partial charge is 0.241 e. The van der Waals surface area contributed by atoms with Gasteiger partial charge in [0.25, 0.3) is 0 Å². The van der Waals surface area contributed by atoms with Crippen LogP contribution in [0.15, 0.2) is 54.9 Å². The molecule has 0 amide bonds. The monoisotopic (exact) mass is 432 g/mol. The van der Waals surface area contributed by atoms with E-state index in [2.05, 4.69) is 15.0 Å². The van der Waals surface area contributed by atoms with Crippen LogP contribution in [-0.2, 0) is 11.8 Å². The molecule has 1 aliphatic rings. The quantitative estimate of drug-likeness (QED) is 0.435. The number of imidazole rings is 1. The van der Waals surface area contributed by atoms with Crippen LogP contribution in [0.5, 0.6) is 11.6 Å². The molecule has 0 spiro atoms. The molecule has 8 heteroatoms. The first kappa shape index (κ1) is 20.3. The molecule has 0 radical (unpaired) electrons. The van der Waals surface area contributed by atoms with Crippen molar-refractivity contribution >= 4 is 16.8 Å². The number of carbonyl (C=O) groups excluding carboxylic acids is 1. The van der Waals surface area contributed by atoms with Crippen molar-refractivity contribution in [3.63, 3.8) is 0 Å². The van der Waals surface area contributed by atoms with Crippen molar-refractivity contribution in [2.45, 2.75) is 18.8 Å². The summed E-state index contributed by atoms with van der Waals surface area (Å²) in [6.07, 6.45) is 5.03. The Hall–Kier alpha value is -3.65. The first-order valence-electron chi connectivity index (χ1n) is 10.4. The van der Waals surface area contributed by atoms with Crippen molar-refractivity contribution in [3.8, 4) is 11.6 Å². The lowest BCUT2D eigenvalue weighted by Crippen LogP contribution is -2.16. The highest BCUT2D eigenvalue weighted by Crippen LogP contribution is 2.33. The summed E-state index contributed by atoms with van der Waals surface area (Å²) in [7, 11) is 1.70. The second kappa shape index (κ2) is 8.47. The zero-order valence-corrected chi connectivity index (χ0v) is 17.5. The summed E-state index contributed by atoms with van der Waals surface area (Å²) in [5.41, 5.74) is 2.42. The van der Waals surface area contributed by atoms with Gasteiger partial charge in [-0.05, 0) is 55.3 Å². The van der Waals surface area contributed by atoms with E-state index < -0.39 is 0 Å². The molecule has 2 aromatic carbocycles. The minimum Gasteiger partial charge on any atom is -0.437 e. The largest absolute Gasteiger partial charge is 0.437 e. The summed E-state index contributed by atoms with van der Waals surface area (Å²) in [6.45, 7) is 1.40. The van der Waals surface area contributed by atoms with Crippen molar-refractivity contribution in [3.05, 3.63) is 77.8 Å². The number of hydrogen-bond donors (Lipinski definition) is 0. The Labute approximate surface area is 183 Å². The molecule has 32 heavy (non-hydrogen) atoms. The van der Waals surface area contributed by atoms with Crippen LogP contribution >= 0.6 is 0 Å². The van der Waals surface area contributed by atoms with Crippen molar-refractivity contribution in [2.24, 2.45) is 7.05 Å². The molecule has 3 heterocycles. The number of halogens is 1. The number of ether oxygens (including phenoxy) is 2. The molecule has 2 aromatic heterocycles. The summed E-state index contributed by atoms with van der Waals surface area (Å²) in [5, 5.41) is 0. The average molecular weight is 432 g/mol. The molecule has 5 rings (SSSR count). The van der Waals surface area contributed by atoms with Crippen LogP contribution in [0.4, 0.5) is 4.39 Å². The molecular formula is C24H21FN4O3. The van der Waals surface area contributed by atoms with Crippen LogP contribution in [0.1, 0.15) is 40.6 Å². The van der Waals surface area contributed by atoms with Crippen LogP contribution in [0.25, 0.3) is 11.0 Å². The summed E-state index contributed by atoms with van der Waals surface area (Å²) in [4.78, 5) is 26.2. The van der Waals surface area contributed by atoms with Crippen molar-refractivity contribution in [2.75, 3.05) is 13.2 Å². The fourth-order valence-corrected chi connectivity index (χ4v) is 3.95. The lowest BCUT2D eigenvalue weighted by molar-refractivity contribution is 0.0839. The summed E-state index contributed by atoms with van der Waals surface area (Å²) in [6, 6.07) is 11.1. The maximum Gasteiger partial charge on any atom is 0.241 e. The first-order valence-corrected chi connectivity index (χ1v) is 10.4. The maximum absolute atomic E-state index is 13.6. The van der Waals surface area contributed by atoms with Crippen LogP contribution in [0.3, 0.4) is 0 Å². The predicted molar refractivity (Wildman–Crippen MR) is 115 cm³/mol. The second-order valence-corrected chi connectivity index (χ2v) is 7.72. The number of rotatable bonds is 5. The van der Waals surface area contributed by atoms with E-state index >= 15 is 0 Å². The SMILES string of the molecule is Cn1c(C(=O)c2ccc(Oc3nccnc3C3CCOCC3)cc2)nc2ccc(F)cc21. The summed E-state index contributed by atoms with van der Waals surface area (Å²) in [5.74, 6) is 0.896. The Kier molecular flexibility index (Phi) is 5.36. The number of carbonyl (C=O) groups is 1. The average Bonchev–Trinajstić information content (AvgIpc) is 3.16. The Morgan fingerprint density at radius 2 is 1.84 bits per heavy atom. The molecule has 0 atom stereocenters. The molecular weight excluding hydrogens is 411 g/mol. The third kappa shape index (κ3) is 3.85. The van der Waals surface area contributed by atoms with E-state index in [9.17, 15) is 9.18 Å². The van der Waals surface area contributed by atoms with Crippen LogP contribution in [0.2, 0.25) is 0 Å². The molecule has 1 fully saturated rings. The van der Waals surface area contributed by atoms with Crippen LogP contribution in [-0.4, -0.2) is 38.5 Å². The molecule has 0 saturated carbocycles. The third-order valence-corrected chi connectivity index (χ3v) is 5.68. The fourth-order valence-electron chi connectivity index (χ4n) is 3.95. The fraction of sp³-hybridized carbons (Fsp3) is 0.250. The van der Waals surface area contributed by atoms with Gasteiger partial charge in [-0.3, -0.25) is 9.78 Å². The first-order chi connectivity index (χ1) is 15.6. The minimum atomic E-state index is -0.370. The van der Waals surface area contributed by atoms with E-state index in [0.717, 1.165) is 18.5 Å². The van der Waals surface area contributed by atoms with Crippen molar-refractivity contribution in [1.82, 2.24) is 19.5 Å². The van der Waals surface area contributed by atoms with Gasteiger partial charge in [-0.2, -0.15) is 0 Å². The van der Waals surface area contributed by atoms with Gasteiger partial charge in [0.05, 0.1) is 11.0 Å². The van der Waals surface area contributed by atoms with Gasteiger partial charge in [0.2, 0.25) is 11.7 Å². The highest BCUT2D eigenvalue weighted by atomic mass is 19.1. The van der Waals surface area contributed by atoms with E-state index in [-0.39, 0.29) is 23.3 Å². The highest BCUT2D eigenvalue weighted by molar-refractivity contribution is 6.08. The van der Waals surface area contributed by atoms with E-state index in [0.29, 0.717) is 41.4 Å². The number of hydrogen-bond acceptors (Lipinski definition) is 6. The highest BCUT2D eigenvalue weighted by Gasteiger charge is 2.22. The maximum atomic E-state index is 13.6. The molecule has 0 bridgehead atoms. The van der Waals surface area contributed by atoms with Gasteiger partial charge in [-0.25, -0.2) is 14.4 Å². The van der Waals surface area contributed by atoms with Crippen molar-refractivity contribution in [1.29, 1.82) is 0 Å². The van der Waals surface area contributed by atoms with Gasteiger partial charge in [0.15, 0.2) is 5.82 Å². The standard InChI is InChI=1S/C24H21FN4O3/c1-29-20-14-17(25)4-7-19(20)28-23(29)22(30)16-2-5-18(6-3-16)32-24-21(26-10-11-27-24)15-8-12-31-13-9-15/h2-7,10-11,14-15H,8-9,12-13H2,1H3. The predicted octanol–water partition coefficient (Wildman–Crippen LogP) is 4.42. The second-order valence-electron chi connectivity index (χ2n) is 7.72. The number of benzene rings is 2. The molecule has 0 N–H and O–H groups in total. The Morgan fingerprint density at radius 1 is 1.09 bits per heavy atom. The molecule has 7 nitrogen and oxygen atoms in total. The van der Waals surface area contributed by atoms with Gasteiger partial charge >= 0.3 is 0 Å². The summed E-state index contributed by atoms with van der Waals surface area (Å²) >= 11 is 0. The van der Waals surface area contributed by atoms with Gasteiger partial charge in [-0.1, -0.05) is 0 Å². The molecule has 1 aliphatic heterocycles. The molecule has 1 saturated heterocycles. The topological polar surface area (TPSA) is 79.1 Å². The zero-order chi connectivity index (χ0) is 22.1. The normalized spacial score (nSPS) is 14.6. The lowest BCUT2D eigenvalue weighted by Gasteiger charge is -2.22.